The third-order valence-electron chi connectivity index (χ3n) is 3.22. The number of hydrogen-bond donors (Lipinski definition) is 1. The predicted octanol–water partition coefficient (Wildman–Crippen LogP) is 2.55. The molecular weight excluding hydrogens is 222 g/mol. The average molecular weight is 240 g/mol. The molecule has 0 spiro atoms. The summed E-state index contributed by atoms with van der Waals surface area (Å²) in [6, 6.07) is 6.44. The average Bonchev–Trinajstić information content (AvgIpc) is 2.25. The van der Waals surface area contributed by atoms with Crippen molar-refractivity contribution in [2.75, 3.05) is 13.2 Å². The van der Waals surface area contributed by atoms with Crippen molar-refractivity contribution in [1.82, 2.24) is 0 Å². The Bertz CT molecular complexity index is 367. The zero-order valence-corrected chi connectivity index (χ0v) is 10.3. The molecule has 0 saturated carbocycles. The summed E-state index contributed by atoms with van der Waals surface area (Å²) in [5, 5.41) is 0.845. The first-order valence-electron chi connectivity index (χ1n) is 5.75. The van der Waals surface area contributed by atoms with Gasteiger partial charge in [-0.05, 0) is 37.0 Å². The third kappa shape index (κ3) is 2.76. The van der Waals surface area contributed by atoms with Crippen LogP contribution in [-0.2, 0) is 11.2 Å². The van der Waals surface area contributed by atoms with Crippen LogP contribution in [0.3, 0.4) is 0 Å². The second kappa shape index (κ2) is 5.17. The van der Waals surface area contributed by atoms with E-state index in [1.165, 1.54) is 11.1 Å². The van der Waals surface area contributed by atoms with Crippen molar-refractivity contribution < 1.29 is 4.74 Å². The van der Waals surface area contributed by atoms with Crippen molar-refractivity contribution in [1.29, 1.82) is 0 Å². The van der Waals surface area contributed by atoms with E-state index in [4.69, 9.17) is 22.1 Å². The zero-order valence-electron chi connectivity index (χ0n) is 9.58. The normalized spacial score (nSPS) is 25.7. The maximum Gasteiger partial charge on any atom is 0.0512 e. The van der Waals surface area contributed by atoms with Gasteiger partial charge in [-0.1, -0.05) is 23.7 Å². The molecule has 1 aliphatic heterocycles. The first kappa shape index (κ1) is 11.9. The van der Waals surface area contributed by atoms with Gasteiger partial charge in [0.15, 0.2) is 0 Å². The highest BCUT2D eigenvalue weighted by atomic mass is 35.5. The standard InChI is InChI=1S/C13H18ClNO/c1-9-2-3-10(12(14)6-9)7-11-8-16-5-4-13(11)15/h2-3,6,11,13H,4-5,7-8,15H2,1H3. The molecule has 2 rings (SSSR count). The fourth-order valence-corrected chi connectivity index (χ4v) is 2.44. The smallest absolute Gasteiger partial charge is 0.0512 e. The van der Waals surface area contributed by atoms with E-state index in [0.29, 0.717) is 5.92 Å². The Morgan fingerprint density at radius 1 is 1.50 bits per heavy atom. The summed E-state index contributed by atoms with van der Waals surface area (Å²) in [4.78, 5) is 0. The quantitative estimate of drug-likeness (QED) is 0.861. The van der Waals surface area contributed by atoms with Crippen molar-refractivity contribution in [2.24, 2.45) is 11.7 Å². The van der Waals surface area contributed by atoms with Gasteiger partial charge in [0.05, 0.1) is 6.61 Å². The molecule has 1 aliphatic rings. The Labute approximate surface area is 102 Å². The van der Waals surface area contributed by atoms with Crippen LogP contribution >= 0.6 is 11.6 Å². The van der Waals surface area contributed by atoms with E-state index in [-0.39, 0.29) is 6.04 Å². The predicted molar refractivity (Wildman–Crippen MR) is 66.8 cm³/mol. The number of benzene rings is 1. The van der Waals surface area contributed by atoms with Crippen LogP contribution in [0.15, 0.2) is 18.2 Å². The van der Waals surface area contributed by atoms with Crippen LogP contribution in [0.5, 0.6) is 0 Å². The molecule has 16 heavy (non-hydrogen) atoms. The highest BCUT2D eigenvalue weighted by molar-refractivity contribution is 6.31. The number of nitrogens with two attached hydrogens (primary N) is 1. The van der Waals surface area contributed by atoms with E-state index in [9.17, 15) is 0 Å². The molecule has 0 aliphatic carbocycles. The van der Waals surface area contributed by atoms with Crippen LogP contribution < -0.4 is 5.73 Å². The molecule has 1 fully saturated rings. The van der Waals surface area contributed by atoms with Gasteiger partial charge in [0.1, 0.15) is 0 Å². The lowest BCUT2D eigenvalue weighted by molar-refractivity contribution is 0.0422. The zero-order chi connectivity index (χ0) is 11.5. The molecule has 1 saturated heterocycles. The number of rotatable bonds is 2. The van der Waals surface area contributed by atoms with Crippen LogP contribution in [0.1, 0.15) is 17.5 Å². The van der Waals surface area contributed by atoms with Gasteiger partial charge in [-0.2, -0.15) is 0 Å². The molecular formula is C13H18ClNO. The highest BCUT2D eigenvalue weighted by Crippen LogP contribution is 2.24. The molecule has 2 nitrogen and oxygen atoms in total. The molecule has 2 atom stereocenters. The summed E-state index contributed by atoms with van der Waals surface area (Å²) < 4.78 is 5.47. The lowest BCUT2D eigenvalue weighted by Crippen LogP contribution is -2.39. The number of halogens is 1. The number of hydrogen-bond acceptors (Lipinski definition) is 2. The summed E-state index contributed by atoms with van der Waals surface area (Å²) >= 11 is 6.21. The van der Waals surface area contributed by atoms with Gasteiger partial charge >= 0.3 is 0 Å². The molecule has 0 radical (unpaired) electrons. The maximum absolute atomic E-state index is 6.21. The minimum absolute atomic E-state index is 0.242. The van der Waals surface area contributed by atoms with Gasteiger partial charge < -0.3 is 10.5 Å². The number of ether oxygens (including phenoxy) is 1. The van der Waals surface area contributed by atoms with Crippen LogP contribution in [0.2, 0.25) is 5.02 Å². The fraction of sp³-hybridized carbons (Fsp3) is 0.538. The Balaban J connectivity index is 2.07. The van der Waals surface area contributed by atoms with Crippen LogP contribution in [-0.4, -0.2) is 19.3 Å². The summed E-state index contributed by atoms with van der Waals surface area (Å²) in [5.41, 5.74) is 8.46. The summed E-state index contributed by atoms with van der Waals surface area (Å²) in [6.07, 6.45) is 1.87. The van der Waals surface area contributed by atoms with Crippen molar-refractivity contribution in [3.8, 4) is 0 Å². The molecule has 3 heteroatoms. The summed E-state index contributed by atoms with van der Waals surface area (Å²) in [7, 11) is 0. The highest BCUT2D eigenvalue weighted by Gasteiger charge is 2.23. The van der Waals surface area contributed by atoms with Crippen molar-refractivity contribution in [3.05, 3.63) is 34.3 Å². The Hall–Kier alpha value is -0.570. The van der Waals surface area contributed by atoms with E-state index in [0.717, 1.165) is 31.1 Å². The van der Waals surface area contributed by atoms with E-state index in [1.807, 2.05) is 13.0 Å². The summed E-state index contributed by atoms with van der Waals surface area (Å²) in [6.45, 7) is 3.59. The Morgan fingerprint density at radius 2 is 2.31 bits per heavy atom. The SMILES string of the molecule is Cc1ccc(CC2COCCC2N)c(Cl)c1. The molecule has 0 amide bonds. The van der Waals surface area contributed by atoms with Gasteiger partial charge in [-0.25, -0.2) is 0 Å². The molecule has 1 aromatic carbocycles. The molecule has 2 N–H and O–H groups in total. The molecule has 0 bridgehead atoms. The van der Waals surface area contributed by atoms with Gasteiger partial charge in [-0.15, -0.1) is 0 Å². The first-order chi connectivity index (χ1) is 7.66. The molecule has 2 unspecified atom stereocenters. The first-order valence-corrected chi connectivity index (χ1v) is 6.13. The Kier molecular flexibility index (Phi) is 3.85. The molecule has 1 heterocycles. The maximum atomic E-state index is 6.21. The lowest BCUT2D eigenvalue weighted by atomic mass is 9.90. The Morgan fingerprint density at radius 3 is 3.00 bits per heavy atom. The minimum Gasteiger partial charge on any atom is -0.381 e. The largest absolute Gasteiger partial charge is 0.381 e. The topological polar surface area (TPSA) is 35.2 Å². The van der Waals surface area contributed by atoms with Crippen molar-refractivity contribution >= 4 is 11.6 Å². The van der Waals surface area contributed by atoms with Gasteiger partial charge in [0.25, 0.3) is 0 Å². The lowest BCUT2D eigenvalue weighted by Gasteiger charge is -2.29. The van der Waals surface area contributed by atoms with Crippen LogP contribution in [0.25, 0.3) is 0 Å². The van der Waals surface area contributed by atoms with Crippen molar-refractivity contribution in [2.45, 2.75) is 25.8 Å². The van der Waals surface area contributed by atoms with Crippen LogP contribution in [0.4, 0.5) is 0 Å². The van der Waals surface area contributed by atoms with Crippen molar-refractivity contribution in [3.63, 3.8) is 0 Å². The van der Waals surface area contributed by atoms with E-state index < -0.39 is 0 Å². The molecule has 0 aromatic heterocycles. The fourth-order valence-electron chi connectivity index (χ4n) is 2.12. The van der Waals surface area contributed by atoms with Crippen LogP contribution in [0, 0.1) is 12.8 Å². The molecule has 1 aromatic rings. The van der Waals surface area contributed by atoms with Gasteiger partial charge in [-0.3, -0.25) is 0 Å². The second-order valence-corrected chi connectivity index (χ2v) is 4.99. The third-order valence-corrected chi connectivity index (χ3v) is 3.58. The summed E-state index contributed by atoms with van der Waals surface area (Å²) in [5.74, 6) is 0.397. The monoisotopic (exact) mass is 239 g/mol. The van der Waals surface area contributed by atoms with E-state index in [2.05, 4.69) is 12.1 Å². The minimum atomic E-state index is 0.242. The molecule has 88 valence electrons. The number of aryl methyl sites for hydroxylation is 1. The second-order valence-electron chi connectivity index (χ2n) is 4.59. The van der Waals surface area contributed by atoms with E-state index in [1.54, 1.807) is 0 Å². The van der Waals surface area contributed by atoms with Gasteiger partial charge in [0.2, 0.25) is 0 Å². The van der Waals surface area contributed by atoms with Gasteiger partial charge in [0, 0.05) is 23.6 Å². The van der Waals surface area contributed by atoms with E-state index >= 15 is 0 Å².